The fraction of sp³-hybridized carbons (Fsp3) is 0.632. The SMILES string of the molecule is Cc1cc(F)ccc1S(=O)(=O)N1CCCC(NC(=O)C2CCCCC2)C1. The molecule has 1 amide bonds. The second-order valence-electron chi connectivity index (χ2n) is 7.46. The molecule has 1 aliphatic heterocycles. The van der Waals surface area contributed by atoms with Crippen molar-refractivity contribution in [2.45, 2.75) is 62.8 Å². The number of carbonyl (C=O) groups excluding carboxylic acids is 1. The second-order valence-corrected chi connectivity index (χ2v) is 9.36. The molecule has 1 aliphatic carbocycles. The van der Waals surface area contributed by atoms with E-state index in [1.165, 1.54) is 28.9 Å². The third kappa shape index (κ3) is 4.26. The topological polar surface area (TPSA) is 66.5 Å². The molecule has 7 heteroatoms. The van der Waals surface area contributed by atoms with Crippen molar-refractivity contribution in [2.24, 2.45) is 5.92 Å². The molecule has 2 aliphatic rings. The Bertz CT molecular complexity index is 760. The Kier molecular flexibility index (Phi) is 5.97. The van der Waals surface area contributed by atoms with E-state index in [-0.39, 0.29) is 29.3 Å². The number of nitrogens with zero attached hydrogens (tertiary/aromatic N) is 1. The summed E-state index contributed by atoms with van der Waals surface area (Å²) in [7, 11) is -3.69. The van der Waals surface area contributed by atoms with Gasteiger partial charge in [-0.1, -0.05) is 19.3 Å². The van der Waals surface area contributed by atoms with Crippen LogP contribution in [0, 0.1) is 18.7 Å². The number of amides is 1. The van der Waals surface area contributed by atoms with Crippen LogP contribution in [0.4, 0.5) is 4.39 Å². The maximum Gasteiger partial charge on any atom is 0.243 e. The summed E-state index contributed by atoms with van der Waals surface area (Å²) in [5.41, 5.74) is 0.401. The van der Waals surface area contributed by atoms with Crippen molar-refractivity contribution in [3.8, 4) is 0 Å². The highest BCUT2D eigenvalue weighted by atomic mass is 32.2. The van der Waals surface area contributed by atoms with Crippen LogP contribution in [0.1, 0.15) is 50.5 Å². The average Bonchev–Trinajstić information content (AvgIpc) is 2.62. The number of nitrogens with one attached hydrogen (secondary N) is 1. The summed E-state index contributed by atoms with van der Waals surface area (Å²) in [5, 5.41) is 3.06. The number of carbonyl (C=O) groups is 1. The van der Waals surface area contributed by atoms with Crippen LogP contribution < -0.4 is 5.32 Å². The van der Waals surface area contributed by atoms with Crippen molar-refractivity contribution in [3.05, 3.63) is 29.6 Å². The van der Waals surface area contributed by atoms with Crippen LogP contribution in [0.3, 0.4) is 0 Å². The zero-order valence-electron chi connectivity index (χ0n) is 15.2. The number of hydrogen-bond donors (Lipinski definition) is 1. The van der Waals surface area contributed by atoms with Crippen molar-refractivity contribution in [1.82, 2.24) is 9.62 Å². The lowest BCUT2D eigenvalue weighted by Crippen LogP contribution is -2.50. The van der Waals surface area contributed by atoms with Gasteiger partial charge in [0.25, 0.3) is 0 Å². The molecule has 5 nitrogen and oxygen atoms in total. The van der Waals surface area contributed by atoms with Gasteiger partial charge in [0.05, 0.1) is 4.90 Å². The number of hydrogen-bond acceptors (Lipinski definition) is 3. The van der Waals surface area contributed by atoms with Gasteiger partial charge in [-0.2, -0.15) is 4.31 Å². The van der Waals surface area contributed by atoms with Crippen molar-refractivity contribution in [3.63, 3.8) is 0 Å². The maximum absolute atomic E-state index is 13.3. The monoisotopic (exact) mass is 382 g/mol. The second kappa shape index (κ2) is 8.05. The number of rotatable bonds is 4. The van der Waals surface area contributed by atoms with Gasteiger partial charge in [0.15, 0.2) is 0 Å². The summed E-state index contributed by atoms with van der Waals surface area (Å²) < 4.78 is 40.6. The van der Waals surface area contributed by atoms with E-state index in [0.717, 1.165) is 32.1 Å². The Morgan fingerprint density at radius 3 is 2.58 bits per heavy atom. The molecule has 0 spiro atoms. The zero-order valence-corrected chi connectivity index (χ0v) is 16.0. The number of benzene rings is 1. The van der Waals surface area contributed by atoms with Crippen LogP contribution in [0.25, 0.3) is 0 Å². The van der Waals surface area contributed by atoms with E-state index >= 15 is 0 Å². The first-order valence-electron chi connectivity index (χ1n) is 9.44. The molecule has 1 saturated heterocycles. The molecular weight excluding hydrogens is 355 g/mol. The molecule has 1 atom stereocenters. The third-order valence-corrected chi connectivity index (χ3v) is 7.49. The number of piperidine rings is 1. The predicted octanol–water partition coefficient (Wildman–Crippen LogP) is 2.98. The number of sulfonamides is 1. The van der Waals surface area contributed by atoms with Crippen LogP contribution >= 0.6 is 0 Å². The summed E-state index contributed by atoms with van der Waals surface area (Å²) in [6.45, 7) is 2.30. The van der Waals surface area contributed by atoms with Gasteiger partial charge in [-0.15, -0.1) is 0 Å². The molecule has 1 aromatic carbocycles. The minimum atomic E-state index is -3.69. The third-order valence-electron chi connectivity index (χ3n) is 5.46. The lowest BCUT2D eigenvalue weighted by atomic mass is 9.88. The number of aryl methyl sites for hydroxylation is 1. The van der Waals surface area contributed by atoms with Crippen LogP contribution in [-0.4, -0.2) is 37.8 Å². The molecule has 2 fully saturated rings. The predicted molar refractivity (Wildman–Crippen MR) is 97.6 cm³/mol. The fourth-order valence-corrected chi connectivity index (χ4v) is 5.73. The molecule has 0 bridgehead atoms. The molecular formula is C19H27FN2O3S. The highest BCUT2D eigenvalue weighted by molar-refractivity contribution is 7.89. The Hall–Kier alpha value is -1.47. The fourth-order valence-electron chi connectivity index (χ4n) is 4.00. The maximum atomic E-state index is 13.3. The van der Waals surface area contributed by atoms with E-state index in [4.69, 9.17) is 0 Å². The van der Waals surface area contributed by atoms with Crippen molar-refractivity contribution in [2.75, 3.05) is 13.1 Å². The first-order valence-corrected chi connectivity index (χ1v) is 10.9. The Morgan fingerprint density at radius 2 is 1.88 bits per heavy atom. The highest BCUT2D eigenvalue weighted by Crippen LogP contribution is 2.26. The Labute approximate surface area is 155 Å². The van der Waals surface area contributed by atoms with E-state index in [1.54, 1.807) is 6.92 Å². The first-order chi connectivity index (χ1) is 12.4. The van der Waals surface area contributed by atoms with E-state index in [9.17, 15) is 17.6 Å². The van der Waals surface area contributed by atoms with Crippen molar-refractivity contribution < 1.29 is 17.6 Å². The van der Waals surface area contributed by atoms with Crippen LogP contribution in [0.2, 0.25) is 0 Å². The van der Waals surface area contributed by atoms with E-state index < -0.39 is 15.8 Å². The average molecular weight is 383 g/mol. The van der Waals surface area contributed by atoms with Gasteiger partial charge < -0.3 is 5.32 Å². The molecule has 0 radical (unpaired) electrons. The van der Waals surface area contributed by atoms with Crippen LogP contribution in [-0.2, 0) is 14.8 Å². The Balaban J connectivity index is 1.68. The van der Waals surface area contributed by atoms with Gasteiger partial charge in [0, 0.05) is 25.0 Å². The molecule has 26 heavy (non-hydrogen) atoms. The molecule has 1 saturated carbocycles. The summed E-state index contributed by atoms with van der Waals surface area (Å²) >= 11 is 0. The van der Waals surface area contributed by atoms with Crippen molar-refractivity contribution in [1.29, 1.82) is 0 Å². The van der Waals surface area contributed by atoms with E-state index in [0.29, 0.717) is 18.5 Å². The highest BCUT2D eigenvalue weighted by Gasteiger charge is 2.33. The molecule has 3 rings (SSSR count). The molecule has 0 aromatic heterocycles. The standard InChI is InChI=1S/C19H27FN2O3S/c1-14-12-16(20)9-10-18(14)26(24,25)22-11-5-8-17(13-22)21-19(23)15-6-3-2-4-7-15/h9-10,12,15,17H,2-8,11,13H2,1H3,(H,21,23). The van der Waals surface area contributed by atoms with Gasteiger partial charge in [-0.3, -0.25) is 4.79 Å². The lowest BCUT2D eigenvalue weighted by Gasteiger charge is -2.33. The van der Waals surface area contributed by atoms with E-state index in [2.05, 4.69) is 5.32 Å². The zero-order chi connectivity index (χ0) is 18.7. The molecule has 1 unspecified atom stereocenters. The van der Waals surface area contributed by atoms with Crippen LogP contribution in [0.5, 0.6) is 0 Å². The number of halogens is 1. The van der Waals surface area contributed by atoms with Gasteiger partial charge in [0.1, 0.15) is 5.82 Å². The summed E-state index contributed by atoms with van der Waals surface area (Å²) in [5.74, 6) is -0.320. The van der Waals surface area contributed by atoms with Crippen molar-refractivity contribution >= 4 is 15.9 Å². The molecule has 1 N–H and O–H groups in total. The summed E-state index contributed by atoms with van der Waals surface area (Å²) in [4.78, 5) is 12.6. The normalized spacial score (nSPS) is 22.9. The quantitative estimate of drug-likeness (QED) is 0.871. The largest absolute Gasteiger partial charge is 0.352 e. The van der Waals surface area contributed by atoms with Gasteiger partial charge >= 0.3 is 0 Å². The molecule has 1 aromatic rings. The minimum absolute atomic E-state index is 0.0620. The van der Waals surface area contributed by atoms with Gasteiger partial charge in [0.2, 0.25) is 15.9 Å². The smallest absolute Gasteiger partial charge is 0.243 e. The molecule has 144 valence electrons. The minimum Gasteiger partial charge on any atom is -0.352 e. The summed E-state index contributed by atoms with van der Waals surface area (Å²) in [6.07, 6.45) is 6.71. The van der Waals surface area contributed by atoms with Crippen LogP contribution in [0.15, 0.2) is 23.1 Å². The molecule has 1 heterocycles. The van der Waals surface area contributed by atoms with Gasteiger partial charge in [-0.05, 0) is 56.4 Å². The lowest BCUT2D eigenvalue weighted by molar-refractivity contribution is -0.126. The Morgan fingerprint density at radius 1 is 1.15 bits per heavy atom. The summed E-state index contributed by atoms with van der Waals surface area (Å²) in [6, 6.07) is 3.57. The first kappa shape index (κ1) is 19.3. The van der Waals surface area contributed by atoms with Gasteiger partial charge in [-0.25, -0.2) is 12.8 Å². The van der Waals surface area contributed by atoms with E-state index in [1.807, 2.05) is 0 Å².